The van der Waals surface area contributed by atoms with Crippen molar-refractivity contribution >= 4 is 22.8 Å². The SMILES string of the molecule is O=C1/C(=C/c2c(-c3ccccc3)n(CCN3CCOCC3)c3ccccc23)Oc2cc(O)cc(O)c21. The Balaban J connectivity index is 1.49. The van der Waals surface area contributed by atoms with Crippen LogP contribution in [0.5, 0.6) is 17.2 Å². The van der Waals surface area contributed by atoms with E-state index in [9.17, 15) is 15.0 Å². The molecule has 3 aromatic carbocycles. The molecule has 0 amide bonds. The summed E-state index contributed by atoms with van der Waals surface area (Å²) in [5.41, 5.74) is 4.04. The zero-order valence-corrected chi connectivity index (χ0v) is 19.7. The van der Waals surface area contributed by atoms with Gasteiger partial charge >= 0.3 is 0 Å². The molecule has 4 aromatic rings. The zero-order chi connectivity index (χ0) is 24.6. The van der Waals surface area contributed by atoms with Gasteiger partial charge in [0.15, 0.2) is 5.76 Å². The second kappa shape index (κ2) is 9.18. The number of aromatic nitrogens is 1. The first-order chi connectivity index (χ1) is 17.6. The summed E-state index contributed by atoms with van der Waals surface area (Å²) in [5.74, 6) is -0.605. The number of benzene rings is 3. The summed E-state index contributed by atoms with van der Waals surface area (Å²) in [7, 11) is 0. The van der Waals surface area contributed by atoms with Gasteiger partial charge in [-0.2, -0.15) is 0 Å². The van der Waals surface area contributed by atoms with Crippen molar-refractivity contribution in [1.29, 1.82) is 0 Å². The Kier molecular flexibility index (Phi) is 5.71. The van der Waals surface area contributed by atoms with Crippen LogP contribution in [0, 0.1) is 0 Å². The summed E-state index contributed by atoms with van der Waals surface area (Å²) in [4.78, 5) is 15.6. The molecule has 2 aliphatic rings. The van der Waals surface area contributed by atoms with Gasteiger partial charge in [0, 0.05) is 54.8 Å². The summed E-state index contributed by atoms with van der Waals surface area (Å²) in [6.07, 6.45) is 1.76. The third-order valence-corrected chi connectivity index (χ3v) is 6.81. The molecule has 0 radical (unpaired) electrons. The number of carbonyl (C=O) groups is 1. The Morgan fingerprint density at radius 3 is 2.47 bits per heavy atom. The molecule has 6 rings (SSSR count). The highest BCUT2D eigenvalue weighted by molar-refractivity contribution is 6.17. The monoisotopic (exact) mass is 482 g/mol. The molecule has 36 heavy (non-hydrogen) atoms. The summed E-state index contributed by atoms with van der Waals surface area (Å²) < 4.78 is 13.7. The van der Waals surface area contributed by atoms with Gasteiger partial charge < -0.3 is 24.3 Å². The minimum Gasteiger partial charge on any atom is -0.508 e. The van der Waals surface area contributed by atoms with E-state index in [0.717, 1.165) is 73.2 Å². The molecule has 1 aromatic heterocycles. The lowest BCUT2D eigenvalue weighted by molar-refractivity contribution is 0.0366. The number of phenolic OH excluding ortho intramolecular Hbond substituents is 2. The third kappa shape index (κ3) is 3.92. The summed E-state index contributed by atoms with van der Waals surface area (Å²) in [6, 6.07) is 20.8. The van der Waals surface area contributed by atoms with Crippen LogP contribution in [-0.4, -0.2) is 58.3 Å². The molecule has 2 N–H and O–H groups in total. The van der Waals surface area contributed by atoms with E-state index in [2.05, 4.69) is 33.7 Å². The molecule has 0 atom stereocenters. The van der Waals surface area contributed by atoms with E-state index in [-0.39, 0.29) is 28.6 Å². The summed E-state index contributed by atoms with van der Waals surface area (Å²) >= 11 is 0. The largest absolute Gasteiger partial charge is 0.508 e. The van der Waals surface area contributed by atoms with E-state index >= 15 is 0 Å². The highest BCUT2D eigenvalue weighted by Gasteiger charge is 2.32. The van der Waals surface area contributed by atoms with Crippen LogP contribution < -0.4 is 4.74 Å². The lowest BCUT2D eigenvalue weighted by Gasteiger charge is -2.27. The molecule has 0 aliphatic carbocycles. The number of hydrogen-bond donors (Lipinski definition) is 2. The van der Waals surface area contributed by atoms with E-state index in [1.54, 1.807) is 6.08 Å². The normalized spacial score (nSPS) is 17.0. The molecule has 1 fully saturated rings. The van der Waals surface area contributed by atoms with Crippen molar-refractivity contribution in [2.24, 2.45) is 0 Å². The van der Waals surface area contributed by atoms with Gasteiger partial charge in [-0.1, -0.05) is 48.5 Å². The fourth-order valence-electron chi connectivity index (χ4n) is 5.09. The predicted molar refractivity (Wildman–Crippen MR) is 137 cm³/mol. The Bertz CT molecular complexity index is 1480. The molecule has 182 valence electrons. The number of carbonyl (C=O) groups excluding carboxylic acids is 1. The molecule has 7 heteroatoms. The maximum atomic E-state index is 13.2. The predicted octanol–water partition coefficient (Wildman–Crippen LogP) is 4.67. The number of Topliss-reactive ketones (excluding diaryl/α,β-unsaturated/α-hetero) is 1. The van der Waals surface area contributed by atoms with Gasteiger partial charge in [0.05, 0.1) is 18.9 Å². The van der Waals surface area contributed by atoms with Crippen molar-refractivity contribution in [3.8, 4) is 28.5 Å². The molecule has 0 spiro atoms. The van der Waals surface area contributed by atoms with Crippen molar-refractivity contribution < 1.29 is 24.5 Å². The van der Waals surface area contributed by atoms with Crippen LogP contribution in [-0.2, 0) is 11.3 Å². The van der Waals surface area contributed by atoms with Crippen LogP contribution in [0.1, 0.15) is 15.9 Å². The smallest absolute Gasteiger partial charge is 0.235 e. The Hall–Kier alpha value is -4.07. The summed E-state index contributed by atoms with van der Waals surface area (Å²) in [5, 5.41) is 21.1. The molecular formula is C29H26N2O5. The van der Waals surface area contributed by atoms with E-state index in [4.69, 9.17) is 9.47 Å². The minimum atomic E-state index is -0.411. The van der Waals surface area contributed by atoms with E-state index in [0.29, 0.717) is 0 Å². The zero-order valence-electron chi connectivity index (χ0n) is 19.7. The lowest BCUT2D eigenvalue weighted by Crippen LogP contribution is -2.38. The van der Waals surface area contributed by atoms with Crippen LogP contribution in [0.2, 0.25) is 0 Å². The number of phenols is 2. The molecule has 0 saturated carbocycles. The van der Waals surface area contributed by atoms with E-state index in [1.165, 1.54) is 6.07 Å². The third-order valence-electron chi connectivity index (χ3n) is 6.81. The molecule has 3 heterocycles. The Morgan fingerprint density at radius 2 is 1.67 bits per heavy atom. The van der Waals surface area contributed by atoms with Crippen molar-refractivity contribution in [1.82, 2.24) is 9.47 Å². The number of fused-ring (bicyclic) bond motifs is 2. The second-order valence-corrected chi connectivity index (χ2v) is 9.03. The van der Waals surface area contributed by atoms with Crippen LogP contribution in [0.15, 0.2) is 72.5 Å². The van der Waals surface area contributed by atoms with E-state index < -0.39 is 5.78 Å². The number of rotatable bonds is 5. The van der Waals surface area contributed by atoms with Crippen molar-refractivity contribution in [3.63, 3.8) is 0 Å². The Labute approximate surface area is 208 Å². The van der Waals surface area contributed by atoms with Gasteiger partial charge in [0.25, 0.3) is 0 Å². The fourth-order valence-corrected chi connectivity index (χ4v) is 5.09. The topological polar surface area (TPSA) is 84.2 Å². The maximum absolute atomic E-state index is 13.2. The average molecular weight is 483 g/mol. The number of ether oxygens (including phenoxy) is 2. The fraction of sp³-hybridized carbons (Fsp3) is 0.207. The molecule has 0 bridgehead atoms. The first kappa shape index (κ1) is 22.4. The molecule has 2 aliphatic heterocycles. The number of allylic oxidation sites excluding steroid dienone is 1. The minimum absolute atomic E-state index is 0.0661. The second-order valence-electron chi connectivity index (χ2n) is 9.03. The first-order valence-electron chi connectivity index (χ1n) is 12.1. The number of ketones is 1. The lowest BCUT2D eigenvalue weighted by atomic mass is 10.0. The van der Waals surface area contributed by atoms with Gasteiger partial charge in [-0.25, -0.2) is 0 Å². The van der Waals surface area contributed by atoms with Gasteiger partial charge in [-0.15, -0.1) is 0 Å². The molecule has 1 saturated heterocycles. The van der Waals surface area contributed by atoms with Gasteiger partial charge in [0.1, 0.15) is 22.8 Å². The first-order valence-corrected chi connectivity index (χ1v) is 12.1. The molecule has 0 unspecified atom stereocenters. The highest BCUT2D eigenvalue weighted by atomic mass is 16.5. The van der Waals surface area contributed by atoms with Crippen LogP contribution in [0.3, 0.4) is 0 Å². The van der Waals surface area contributed by atoms with Crippen molar-refractivity contribution in [3.05, 3.63) is 83.6 Å². The number of para-hydroxylation sites is 1. The van der Waals surface area contributed by atoms with Gasteiger partial charge in [-0.3, -0.25) is 9.69 Å². The molecular weight excluding hydrogens is 456 g/mol. The van der Waals surface area contributed by atoms with Crippen molar-refractivity contribution in [2.45, 2.75) is 6.54 Å². The number of nitrogens with zero attached hydrogens (tertiary/aromatic N) is 2. The maximum Gasteiger partial charge on any atom is 0.235 e. The number of aromatic hydroxyl groups is 2. The quantitative estimate of drug-likeness (QED) is 0.402. The number of hydrogen-bond acceptors (Lipinski definition) is 6. The van der Waals surface area contributed by atoms with Crippen LogP contribution >= 0.6 is 0 Å². The number of morpholine rings is 1. The Morgan fingerprint density at radius 1 is 0.917 bits per heavy atom. The average Bonchev–Trinajstić information content (AvgIpc) is 3.38. The van der Waals surface area contributed by atoms with Gasteiger partial charge in [0.2, 0.25) is 5.78 Å². The standard InChI is InChI=1S/C29H26N2O5/c32-20-16-24(33)27-25(17-20)36-26(29(27)34)18-22-21-8-4-5-9-23(21)31(11-10-30-12-14-35-15-13-30)28(22)19-6-2-1-3-7-19/h1-9,16-18,32-33H,10-15H2/b26-18-. The summed E-state index contributed by atoms with van der Waals surface area (Å²) in [6.45, 7) is 4.97. The van der Waals surface area contributed by atoms with Crippen LogP contribution in [0.25, 0.3) is 28.2 Å². The molecule has 7 nitrogen and oxygen atoms in total. The van der Waals surface area contributed by atoms with Crippen LogP contribution in [0.4, 0.5) is 0 Å². The van der Waals surface area contributed by atoms with E-state index in [1.807, 2.05) is 30.3 Å². The van der Waals surface area contributed by atoms with Gasteiger partial charge in [-0.05, 0) is 17.7 Å². The highest BCUT2D eigenvalue weighted by Crippen LogP contribution is 2.42. The van der Waals surface area contributed by atoms with Crippen molar-refractivity contribution in [2.75, 3.05) is 32.8 Å².